The fourth-order valence-corrected chi connectivity index (χ4v) is 5.09. The molecule has 3 rings (SSSR count). The van der Waals surface area contributed by atoms with E-state index in [0.717, 1.165) is 10.1 Å². The molecule has 1 saturated heterocycles. The first-order chi connectivity index (χ1) is 10.9. The summed E-state index contributed by atoms with van der Waals surface area (Å²) < 4.78 is 28.6. The Morgan fingerprint density at radius 1 is 1.30 bits per heavy atom. The van der Waals surface area contributed by atoms with E-state index >= 15 is 0 Å². The average Bonchev–Trinajstić information content (AvgIpc) is 3.07. The molecule has 23 heavy (non-hydrogen) atoms. The van der Waals surface area contributed by atoms with Crippen molar-refractivity contribution < 1.29 is 22.7 Å². The minimum atomic E-state index is -3.05. The highest BCUT2D eigenvalue weighted by Crippen LogP contribution is 2.25. The van der Waals surface area contributed by atoms with Crippen LogP contribution < -0.4 is 5.32 Å². The van der Waals surface area contributed by atoms with Gasteiger partial charge in [0.2, 0.25) is 0 Å². The molecular formula is C15H15NO5S2. The predicted molar refractivity (Wildman–Crippen MR) is 87.3 cm³/mol. The standard InChI is InChI=1S/C15H15NO5S2/c17-14(16-11-5-6-23(19,20)9-11)8-21-15(18)13-7-10-3-1-2-4-12(10)22-13/h1-4,7,11H,5-6,8-9H2,(H,16,17)/t11-/m1/s1. The lowest BCUT2D eigenvalue weighted by molar-refractivity contribution is -0.124. The van der Waals surface area contributed by atoms with E-state index < -0.39 is 34.4 Å². The van der Waals surface area contributed by atoms with Gasteiger partial charge in [0.1, 0.15) is 4.88 Å². The summed E-state index contributed by atoms with van der Waals surface area (Å²) in [5.74, 6) is -1.01. The van der Waals surface area contributed by atoms with Gasteiger partial charge in [-0.15, -0.1) is 11.3 Å². The number of ether oxygens (including phenoxy) is 1. The van der Waals surface area contributed by atoms with Crippen LogP contribution in [-0.4, -0.2) is 44.4 Å². The molecule has 1 N–H and O–H groups in total. The van der Waals surface area contributed by atoms with Crippen LogP contribution in [0.15, 0.2) is 30.3 Å². The number of amides is 1. The Balaban J connectivity index is 1.53. The normalized spacial score (nSPS) is 19.6. The minimum Gasteiger partial charge on any atom is -0.451 e. The number of carbonyl (C=O) groups is 2. The number of nitrogens with one attached hydrogen (secondary N) is 1. The molecule has 1 aromatic carbocycles. The zero-order valence-corrected chi connectivity index (χ0v) is 13.8. The third-order valence-corrected chi connectivity index (χ3v) is 6.42. The van der Waals surface area contributed by atoms with Crippen molar-refractivity contribution in [1.82, 2.24) is 5.32 Å². The lowest BCUT2D eigenvalue weighted by atomic mass is 10.2. The SMILES string of the molecule is O=C(COC(=O)c1cc2ccccc2s1)N[C@@H]1CCS(=O)(=O)C1. The molecule has 1 atom stereocenters. The molecule has 2 heterocycles. The van der Waals surface area contributed by atoms with Crippen molar-refractivity contribution in [2.75, 3.05) is 18.1 Å². The average molecular weight is 353 g/mol. The van der Waals surface area contributed by atoms with Crippen LogP contribution in [0.1, 0.15) is 16.1 Å². The number of benzene rings is 1. The molecule has 0 saturated carbocycles. The molecule has 1 aromatic heterocycles. The Hall–Kier alpha value is -1.93. The Morgan fingerprint density at radius 2 is 2.09 bits per heavy atom. The molecule has 6 nitrogen and oxygen atoms in total. The van der Waals surface area contributed by atoms with E-state index in [4.69, 9.17) is 4.74 Å². The Kier molecular flexibility index (Phi) is 4.36. The monoisotopic (exact) mass is 353 g/mol. The molecule has 0 unspecified atom stereocenters. The first kappa shape index (κ1) is 15.9. The maximum atomic E-state index is 12.0. The third-order valence-electron chi connectivity index (χ3n) is 3.56. The fourth-order valence-electron chi connectivity index (χ4n) is 2.46. The quantitative estimate of drug-likeness (QED) is 0.839. The lowest BCUT2D eigenvalue weighted by Crippen LogP contribution is -2.38. The number of carbonyl (C=O) groups excluding carboxylic acids is 2. The van der Waals surface area contributed by atoms with E-state index in [1.54, 1.807) is 6.07 Å². The molecule has 0 bridgehead atoms. The van der Waals surface area contributed by atoms with Gasteiger partial charge >= 0.3 is 5.97 Å². The van der Waals surface area contributed by atoms with Gasteiger partial charge in [0, 0.05) is 10.7 Å². The number of hydrogen-bond donors (Lipinski definition) is 1. The van der Waals surface area contributed by atoms with Crippen molar-refractivity contribution in [1.29, 1.82) is 0 Å². The van der Waals surface area contributed by atoms with Crippen molar-refractivity contribution >= 4 is 43.1 Å². The molecular weight excluding hydrogens is 338 g/mol. The number of fused-ring (bicyclic) bond motifs is 1. The van der Waals surface area contributed by atoms with E-state index in [0.29, 0.717) is 11.3 Å². The van der Waals surface area contributed by atoms with Crippen LogP contribution in [0.2, 0.25) is 0 Å². The molecule has 1 amide bonds. The van der Waals surface area contributed by atoms with Gasteiger partial charge < -0.3 is 10.1 Å². The highest BCUT2D eigenvalue weighted by atomic mass is 32.2. The van der Waals surface area contributed by atoms with E-state index in [-0.39, 0.29) is 11.5 Å². The Labute approximate surface area is 137 Å². The van der Waals surface area contributed by atoms with Crippen LogP contribution in [0.4, 0.5) is 0 Å². The second kappa shape index (κ2) is 6.29. The first-order valence-electron chi connectivity index (χ1n) is 7.08. The van der Waals surface area contributed by atoms with E-state index in [2.05, 4.69) is 5.32 Å². The van der Waals surface area contributed by atoms with Gasteiger partial charge in [-0.05, 0) is 23.9 Å². The van der Waals surface area contributed by atoms with E-state index in [9.17, 15) is 18.0 Å². The minimum absolute atomic E-state index is 0.0526. The second-order valence-corrected chi connectivity index (χ2v) is 8.70. The van der Waals surface area contributed by atoms with Crippen LogP contribution in [0, 0.1) is 0 Å². The van der Waals surface area contributed by atoms with Gasteiger partial charge in [-0.1, -0.05) is 18.2 Å². The molecule has 0 spiro atoms. The van der Waals surface area contributed by atoms with Gasteiger partial charge in [-0.25, -0.2) is 13.2 Å². The Bertz CT molecular complexity index is 823. The highest BCUT2D eigenvalue weighted by molar-refractivity contribution is 7.91. The zero-order valence-electron chi connectivity index (χ0n) is 12.2. The Morgan fingerprint density at radius 3 is 2.78 bits per heavy atom. The highest BCUT2D eigenvalue weighted by Gasteiger charge is 2.29. The summed E-state index contributed by atoms with van der Waals surface area (Å²) >= 11 is 1.30. The van der Waals surface area contributed by atoms with Crippen molar-refractivity contribution in [3.05, 3.63) is 35.2 Å². The predicted octanol–water partition coefficient (Wildman–Crippen LogP) is 1.36. The number of thiophene rings is 1. The van der Waals surface area contributed by atoms with E-state index in [1.807, 2.05) is 24.3 Å². The van der Waals surface area contributed by atoms with Crippen molar-refractivity contribution in [2.24, 2.45) is 0 Å². The smallest absolute Gasteiger partial charge is 0.348 e. The van der Waals surface area contributed by atoms with Gasteiger partial charge in [0.25, 0.3) is 5.91 Å². The van der Waals surface area contributed by atoms with Crippen LogP contribution in [-0.2, 0) is 19.4 Å². The summed E-state index contributed by atoms with van der Waals surface area (Å²) in [5, 5.41) is 3.53. The largest absolute Gasteiger partial charge is 0.451 e. The van der Waals surface area contributed by atoms with Crippen molar-refractivity contribution in [3.63, 3.8) is 0 Å². The van der Waals surface area contributed by atoms with Crippen molar-refractivity contribution in [3.8, 4) is 0 Å². The number of hydrogen-bond acceptors (Lipinski definition) is 6. The summed E-state index contributed by atoms with van der Waals surface area (Å²) in [5.41, 5.74) is 0. The maximum absolute atomic E-state index is 12.0. The maximum Gasteiger partial charge on any atom is 0.348 e. The summed E-state index contributed by atoms with van der Waals surface area (Å²) in [7, 11) is -3.05. The van der Waals surface area contributed by atoms with Gasteiger partial charge in [0.05, 0.1) is 11.5 Å². The molecule has 1 fully saturated rings. The number of rotatable bonds is 4. The lowest BCUT2D eigenvalue weighted by Gasteiger charge is -2.10. The number of esters is 1. The summed E-state index contributed by atoms with van der Waals surface area (Å²) in [6, 6.07) is 8.91. The molecule has 1 aliphatic heterocycles. The van der Waals surface area contributed by atoms with Gasteiger partial charge in [-0.2, -0.15) is 0 Å². The topological polar surface area (TPSA) is 89.5 Å². The molecule has 0 aliphatic carbocycles. The summed E-state index contributed by atoms with van der Waals surface area (Å²) in [6.07, 6.45) is 0.401. The summed E-state index contributed by atoms with van der Waals surface area (Å²) in [4.78, 5) is 24.1. The number of sulfone groups is 1. The van der Waals surface area contributed by atoms with Crippen molar-refractivity contribution in [2.45, 2.75) is 12.5 Å². The fraction of sp³-hybridized carbons (Fsp3) is 0.333. The zero-order chi connectivity index (χ0) is 16.4. The van der Waals surface area contributed by atoms with E-state index in [1.165, 1.54) is 11.3 Å². The molecule has 0 radical (unpaired) electrons. The molecule has 122 valence electrons. The van der Waals surface area contributed by atoms with Gasteiger partial charge in [0.15, 0.2) is 16.4 Å². The molecule has 2 aromatic rings. The van der Waals surface area contributed by atoms with Crippen LogP contribution >= 0.6 is 11.3 Å². The van der Waals surface area contributed by atoms with Crippen LogP contribution in [0.5, 0.6) is 0 Å². The second-order valence-electron chi connectivity index (χ2n) is 5.39. The summed E-state index contributed by atoms with van der Waals surface area (Å²) in [6.45, 7) is -0.413. The molecule has 8 heteroatoms. The molecule has 1 aliphatic rings. The first-order valence-corrected chi connectivity index (χ1v) is 9.72. The van der Waals surface area contributed by atoms with Crippen LogP contribution in [0.25, 0.3) is 10.1 Å². The third kappa shape index (κ3) is 3.89. The van der Waals surface area contributed by atoms with Gasteiger partial charge in [-0.3, -0.25) is 4.79 Å². The van der Waals surface area contributed by atoms with Crippen LogP contribution in [0.3, 0.4) is 0 Å².